The van der Waals surface area contributed by atoms with Crippen LogP contribution in [0.3, 0.4) is 0 Å². The molecule has 2 unspecified atom stereocenters. The Bertz CT molecular complexity index is 968. The van der Waals surface area contributed by atoms with Crippen LogP contribution in [0.1, 0.15) is 57.9 Å². The van der Waals surface area contributed by atoms with E-state index in [1.165, 1.54) is 56.2 Å². The molecule has 152 valence electrons. The molecule has 0 N–H and O–H groups in total. The molecule has 6 rings (SSSR count). The standard InChI is InChI=1S/C24H26ClNO3/c1-22-10-16-11-23(2,13-22)15-24(12-16,14-22)17-3-8-21(20(25)9-17)29-19-6-4-18(5-7-19)26(27)28/h3-9,16H,10-15H2,1-2H3. The Morgan fingerprint density at radius 1 is 1.00 bits per heavy atom. The molecule has 4 nitrogen and oxygen atoms in total. The van der Waals surface area contributed by atoms with E-state index in [1.54, 1.807) is 12.1 Å². The van der Waals surface area contributed by atoms with Crippen LogP contribution >= 0.6 is 11.6 Å². The zero-order valence-electron chi connectivity index (χ0n) is 16.9. The summed E-state index contributed by atoms with van der Waals surface area (Å²) in [5.41, 5.74) is 2.53. The summed E-state index contributed by atoms with van der Waals surface area (Å²) in [7, 11) is 0. The van der Waals surface area contributed by atoms with Crippen molar-refractivity contribution in [2.75, 3.05) is 0 Å². The lowest BCUT2D eigenvalue weighted by atomic mass is 9.39. The van der Waals surface area contributed by atoms with Crippen molar-refractivity contribution in [2.24, 2.45) is 16.7 Å². The van der Waals surface area contributed by atoms with E-state index >= 15 is 0 Å². The summed E-state index contributed by atoms with van der Waals surface area (Å²) in [6.07, 6.45) is 7.89. The molecule has 0 amide bonds. The van der Waals surface area contributed by atoms with Crippen molar-refractivity contribution in [3.63, 3.8) is 0 Å². The first-order chi connectivity index (χ1) is 13.7. The van der Waals surface area contributed by atoms with Gasteiger partial charge in [-0.1, -0.05) is 31.5 Å². The van der Waals surface area contributed by atoms with Gasteiger partial charge in [0.25, 0.3) is 5.69 Å². The van der Waals surface area contributed by atoms with Gasteiger partial charge in [-0.15, -0.1) is 0 Å². The number of nitro groups is 1. The van der Waals surface area contributed by atoms with E-state index in [0.717, 1.165) is 5.92 Å². The average molecular weight is 412 g/mol. The van der Waals surface area contributed by atoms with Gasteiger partial charge < -0.3 is 4.74 Å². The lowest BCUT2D eigenvalue weighted by Gasteiger charge is -2.65. The lowest BCUT2D eigenvalue weighted by molar-refractivity contribution is -0.384. The predicted molar refractivity (Wildman–Crippen MR) is 114 cm³/mol. The van der Waals surface area contributed by atoms with Crippen LogP contribution in [0.5, 0.6) is 11.5 Å². The highest BCUT2D eigenvalue weighted by Gasteiger charge is 2.60. The smallest absolute Gasteiger partial charge is 0.269 e. The second-order valence-electron chi connectivity index (χ2n) is 10.4. The summed E-state index contributed by atoms with van der Waals surface area (Å²) in [5.74, 6) is 1.96. The van der Waals surface area contributed by atoms with Crippen LogP contribution in [-0.2, 0) is 5.41 Å². The summed E-state index contributed by atoms with van der Waals surface area (Å²) in [6.45, 7) is 4.97. The van der Waals surface area contributed by atoms with Crippen LogP contribution in [0.25, 0.3) is 0 Å². The van der Waals surface area contributed by atoms with Crippen LogP contribution in [0.4, 0.5) is 5.69 Å². The Kier molecular flexibility index (Phi) is 4.05. The Balaban J connectivity index is 1.42. The van der Waals surface area contributed by atoms with Gasteiger partial charge in [0, 0.05) is 12.1 Å². The molecule has 5 heteroatoms. The number of hydrogen-bond donors (Lipinski definition) is 0. The van der Waals surface area contributed by atoms with E-state index in [9.17, 15) is 10.1 Å². The summed E-state index contributed by atoms with van der Waals surface area (Å²) in [6, 6.07) is 12.3. The van der Waals surface area contributed by atoms with Crippen LogP contribution in [0.2, 0.25) is 5.02 Å². The molecule has 4 bridgehead atoms. The Labute approximate surface area is 176 Å². The molecule has 0 radical (unpaired) electrons. The van der Waals surface area contributed by atoms with E-state index in [1.807, 2.05) is 6.07 Å². The molecular weight excluding hydrogens is 386 g/mol. The summed E-state index contributed by atoms with van der Waals surface area (Å²) in [5, 5.41) is 11.4. The maximum absolute atomic E-state index is 10.8. The molecule has 4 saturated carbocycles. The first-order valence-electron chi connectivity index (χ1n) is 10.4. The lowest BCUT2D eigenvalue weighted by Crippen LogP contribution is -2.56. The highest BCUT2D eigenvalue weighted by Crippen LogP contribution is 2.70. The van der Waals surface area contributed by atoms with Crippen LogP contribution in [0, 0.1) is 26.9 Å². The molecule has 4 fully saturated rings. The summed E-state index contributed by atoms with van der Waals surface area (Å²) >= 11 is 6.64. The minimum atomic E-state index is -0.419. The maximum Gasteiger partial charge on any atom is 0.269 e. The van der Waals surface area contributed by atoms with Gasteiger partial charge in [-0.05, 0) is 90.5 Å². The number of nitro benzene ring substituents is 1. The fraction of sp³-hybridized carbons (Fsp3) is 0.500. The second-order valence-corrected chi connectivity index (χ2v) is 10.8. The van der Waals surface area contributed by atoms with Crippen molar-refractivity contribution in [3.8, 4) is 11.5 Å². The van der Waals surface area contributed by atoms with Gasteiger partial charge in [0.15, 0.2) is 0 Å². The summed E-state index contributed by atoms with van der Waals surface area (Å²) in [4.78, 5) is 10.4. The number of benzene rings is 2. The average Bonchev–Trinajstić information content (AvgIpc) is 2.61. The van der Waals surface area contributed by atoms with Crippen LogP contribution in [0.15, 0.2) is 42.5 Å². The van der Waals surface area contributed by atoms with Gasteiger partial charge >= 0.3 is 0 Å². The van der Waals surface area contributed by atoms with Crippen molar-refractivity contribution in [1.82, 2.24) is 0 Å². The number of hydrogen-bond acceptors (Lipinski definition) is 3. The Morgan fingerprint density at radius 3 is 2.21 bits per heavy atom. The van der Waals surface area contributed by atoms with Gasteiger partial charge in [0.2, 0.25) is 0 Å². The van der Waals surface area contributed by atoms with E-state index in [-0.39, 0.29) is 11.1 Å². The number of nitrogens with zero attached hydrogens (tertiary/aromatic N) is 1. The number of rotatable bonds is 4. The molecule has 0 spiro atoms. The second kappa shape index (κ2) is 6.21. The van der Waals surface area contributed by atoms with Crippen molar-refractivity contribution in [1.29, 1.82) is 0 Å². The van der Waals surface area contributed by atoms with Gasteiger partial charge in [0.1, 0.15) is 11.5 Å². The molecule has 0 aromatic heterocycles. The number of halogens is 1. The van der Waals surface area contributed by atoms with Crippen LogP contribution < -0.4 is 4.74 Å². The fourth-order valence-electron chi connectivity index (χ4n) is 7.45. The van der Waals surface area contributed by atoms with E-state index in [4.69, 9.17) is 16.3 Å². The van der Waals surface area contributed by atoms with Crippen molar-refractivity contribution in [2.45, 2.75) is 57.8 Å². The van der Waals surface area contributed by atoms with E-state index < -0.39 is 4.92 Å². The van der Waals surface area contributed by atoms with Crippen molar-refractivity contribution in [3.05, 3.63) is 63.2 Å². The zero-order chi connectivity index (χ0) is 20.4. The van der Waals surface area contributed by atoms with Gasteiger partial charge in [-0.25, -0.2) is 0 Å². The maximum atomic E-state index is 10.8. The van der Waals surface area contributed by atoms with Crippen molar-refractivity contribution >= 4 is 17.3 Å². The highest BCUT2D eigenvalue weighted by atomic mass is 35.5. The summed E-state index contributed by atoms with van der Waals surface area (Å²) < 4.78 is 5.90. The SMILES string of the molecule is CC12CC3CC(C)(C1)CC(c1ccc(Oc4ccc([N+](=O)[O-])cc4)c(Cl)c1)(C3)C2. The van der Waals surface area contributed by atoms with E-state index in [2.05, 4.69) is 26.0 Å². The number of non-ortho nitro benzene ring substituents is 1. The monoisotopic (exact) mass is 411 g/mol. The normalized spacial score (nSPS) is 34.9. The molecule has 0 saturated heterocycles. The highest BCUT2D eigenvalue weighted by molar-refractivity contribution is 6.32. The molecule has 2 atom stereocenters. The fourth-order valence-corrected chi connectivity index (χ4v) is 7.67. The molecular formula is C24H26ClNO3. The third-order valence-corrected chi connectivity index (χ3v) is 7.74. The topological polar surface area (TPSA) is 52.4 Å². The first-order valence-corrected chi connectivity index (χ1v) is 10.8. The van der Waals surface area contributed by atoms with Gasteiger partial charge in [-0.3, -0.25) is 10.1 Å². The van der Waals surface area contributed by atoms with Crippen molar-refractivity contribution < 1.29 is 9.66 Å². The van der Waals surface area contributed by atoms with Crippen LogP contribution in [-0.4, -0.2) is 4.92 Å². The zero-order valence-corrected chi connectivity index (χ0v) is 17.7. The molecule has 29 heavy (non-hydrogen) atoms. The van der Waals surface area contributed by atoms with Gasteiger partial charge in [0.05, 0.1) is 9.95 Å². The molecule has 4 aliphatic carbocycles. The molecule has 4 aliphatic rings. The number of ether oxygens (including phenoxy) is 1. The third kappa shape index (κ3) is 3.22. The predicted octanol–water partition coefficient (Wildman–Crippen LogP) is 7.29. The Morgan fingerprint density at radius 2 is 1.66 bits per heavy atom. The molecule has 2 aromatic rings. The molecule has 0 heterocycles. The minimum absolute atomic E-state index is 0.0441. The molecule has 0 aliphatic heterocycles. The third-order valence-electron chi connectivity index (χ3n) is 7.45. The minimum Gasteiger partial charge on any atom is -0.456 e. The first kappa shape index (κ1) is 18.9. The van der Waals surface area contributed by atoms with E-state index in [0.29, 0.717) is 27.4 Å². The quantitative estimate of drug-likeness (QED) is 0.392. The largest absolute Gasteiger partial charge is 0.456 e. The molecule has 2 aromatic carbocycles. The van der Waals surface area contributed by atoms with Gasteiger partial charge in [-0.2, -0.15) is 0 Å². The Hall–Kier alpha value is -2.07.